The van der Waals surface area contributed by atoms with Gasteiger partial charge in [-0.1, -0.05) is 12.6 Å². The van der Waals surface area contributed by atoms with Gasteiger partial charge in [0.15, 0.2) is 0 Å². The molecule has 1 heterocycles. The largest absolute Gasteiger partial charge is 0.444 e. The molecular formula is C14H16NO3Y-. The predicted molar refractivity (Wildman–Crippen MR) is 67.5 cm³/mol. The van der Waals surface area contributed by atoms with Gasteiger partial charge in [0.1, 0.15) is 11.9 Å². The van der Waals surface area contributed by atoms with E-state index in [9.17, 15) is 9.59 Å². The summed E-state index contributed by atoms with van der Waals surface area (Å²) in [6.07, 6.45) is 0.517. The van der Waals surface area contributed by atoms with Crippen LogP contribution in [0.3, 0.4) is 0 Å². The third-order valence-corrected chi connectivity index (χ3v) is 2.93. The second-order valence-electron chi connectivity index (χ2n) is 4.59. The van der Waals surface area contributed by atoms with Crippen LogP contribution >= 0.6 is 0 Å². The number of ether oxygens (including phenoxy) is 1. The Morgan fingerprint density at radius 1 is 1.58 bits per heavy atom. The zero-order valence-corrected chi connectivity index (χ0v) is 14.0. The quantitative estimate of drug-likeness (QED) is 0.795. The van der Waals surface area contributed by atoms with E-state index in [-0.39, 0.29) is 50.7 Å². The summed E-state index contributed by atoms with van der Waals surface area (Å²) >= 11 is 0. The fraction of sp³-hybridized carbons (Fsp3) is 0.429. The van der Waals surface area contributed by atoms with Crippen molar-refractivity contribution in [2.45, 2.75) is 32.8 Å². The van der Waals surface area contributed by atoms with Crippen molar-refractivity contribution in [3.05, 3.63) is 29.8 Å². The summed E-state index contributed by atoms with van der Waals surface area (Å²) in [7, 11) is 0. The fourth-order valence-electron chi connectivity index (χ4n) is 1.98. The molecule has 1 aromatic rings. The van der Waals surface area contributed by atoms with Crippen LogP contribution < -0.4 is 4.90 Å². The Morgan fingerprint density at radius 2 is 2.32 bits per heavy atom. The average molecular weight is 335 g/mol. The maximum atomic E-state index is 11.7. The van der Waals surface area contributed by atoms with Gasteiger partial charge in [0.2, 0.25) is 0 Å². The Labute approximate surface area is 138 Å². The van der Waals surface area contributed by atoms with E-state index in [1.165, 1.54) is 0 Å². The number of Topliss-reactive ketones (excluding diaryl/α,β-unsaturated/α-hetero) is 1. The number of cyclic esters (lactones) is 1. The van der Waals surface area contributed by atoms with Crippen LogP contribution in [0.1, 0.15) is 25.3 Å². The molecule has 1 aromatic carbocycles. The summed E-state index contributed by atoms with van der Waals surface area (Å²) in [6, 6.07) is 8.56. The Kier molecular flexibility index (Phi) is 6.14. The number of ketones is 1. The van der Waals surface area contributed by atoms with E-state index < -0.39 is 0 Å². The van der Waals surface area contributed by atoms with Gasteiger partial charge in [-0.25, -0.2) is 4.79 Å². The molecule has 5 heteroatoms. The van der Waals surface area contributed by atoms with Crippen molar-refractivity contribution in [3.8, 4) is 0 Å². The number of carbonyl (C=O) groups is 2. The van der Waals surface area contributed by atoms with Gasteiger partial charge in [-0.15, -0.1) is 12.1 Å². The molecule has 0 unspecified atom stereocenters. The first-order chi connectivity index (χ1) is 8.56. The Morgan fingerprint density at radius 3 is 2.95 bits per heavy atom. The molecule has 0 spiro atoms. The monoisotopic (exact) mass is 335 g/mol. The third-order valence-electron chi connectivity index (χ3n) is 2.93. The number of carbonyl (C=O) groups excluding carboxylic acids is 2. The molecule has 1 amide bonds. The molecule has 0 aliphatic carbocycles. The first-order valence-electron chi connectivity index (χ1n) is 6.02. The second kappa shape index (κ2) is 7.15. The first kappa shape index (κ1) is 16.3. The molecule has 1 fully saturated rings. The van der Waals surface area contributed by atoms with Gasteiger partial charge in [0.05, 0.1) is 6.54 Å². The third kappa shape index (κ3) is 4.39. The minimum absolute atomic E-state index is 0. The summed E-state index contributed by atoms with van der Waals surface area (Å²) in [5, 5.41) is 0. The normalized spacial score (nSPS) is 17.9. The molecule has 0 N–H and O–H groups in total. The molecule has 2 rings (SSSR count). The summed E-state index contributed by atoms with van der Waals surface area (Å²) < 4.78 is 5.24. The Balaban J connectivity index is 0.00000180. The van der Waals surface area contributed by atoms with Crippen molar-refractivity contribution in [3.63, 3.8) is 0 Å². The van der Waals surface area contributed by atoms with Gasteiger partial charge in [0, 0.05) is 39.1 Å². The molecule has 4 nitrogen and oxygen atoms in total. The van der Waals surface area contributed by atoms with Crippen LogP contribution in [0.25, 0.3) is 0 Å². The number of nitrogens with zero attached hydrogens (tertiary/aromatic N) is 1. The van der Waals surface area contributed by atoms with Gasteiger partial charge in [-0.3, -0.25) is 4.90 Å². The summed E-state index contributed by atoms with van der Waals surface area (Å²) in [5.74, 6) is 0.120. The molecule has 0 aromatic heterocycles. The van der Waals surface area contributed by atoms with Crippen LogP contribution in [-0.2, 0) is 42.2 Å². The summed E-state index contributed by atoms with van der Waals surface area (Å²) in [6.45, 7) is 3.98. The fourth-order valence-corrected chi connectivity index (χ4v) is 1.98. The first-order valence-corrected chi connectivity index (χ1v) is 6.02. The molecule has 1 aliphatic heterocycles. The average Bonchev–Trinajstić information content (AvgIpc) is 2.68. The summed E-state index contributed by atoms with van der Waals surface area (Å²) in [4.78, 5) is 24.3. The number of aryl methyl sites for hydroxylation is 1. The zero-order valence-electron chi connectivity index (χ0n) is 11.2. The van der Waals surface area contributed by atoms with Crippen molar-refractivity contribution in [1.82, 2.24) is 0 Å². The summed E-state index contributed by atoms with van der Waals surface area (Å²) in [5.41, 5.74) is 1.80. The van der Waals surface area contributed by atoms with Crippen LogP contribution in [0.4, 0.5) is 10.5 Å². The van der Waals surface area contributed by atoms with Crippen LogP contribution in [0.15, 0.2) is 18.2 Å². The molecule has 99 valence electrons. The van der Waals surface area contributed by atoms with Crippen molar-refractivity contribution in [1.29, 1.82) is 0 Å². The van der Waals surface area contributed by atoms with Crippen LogP contribution in [0.5, 0.6) is 0 Å². The number of benzene rings is 1. The smallest absolute Gasteiger partial charge is 0.412 e. The van der Waals surface area contributed by atoms with E-state index in [2.05, 4.69) is 6.07 Å². The molecule has 0 bridgehead atoms. The Bertz CT molecular complexity index is 476. The maximum absolute atomic E-state index is 11.7. The van der Waals surface area contributed by atoms with E-state index in [1.54, 1.807) is 17.9 Å². The maximum Gasteiger partial charge on any atom is 0.412 e. The van der Waals surface area contributed by atoms with Crippen molar-refractivity contribution in [2.24, 2.45) is 0 Å². The number of rotatable bonds is 4. The van der Waals surface area contributed by atoms with Crippen molar-refractivity contribution < 1.29 is 47.0 Å². The van der Waals surface area contributed by atoms with Crippen LogP contribution in [0, 0.1) is 13.0 Å². The van der Waals surface area contributed by atoms with Gasteiger partial charge in [-0.2, -0.15) is 17.7 Å². The van der Waals surface area contributed by atoms with Gasteiger partial charge < -0.3 is 9.53 Å². The molecule has 1 saturated heterocycles. The SMILES string of the molecule is CC(=O)CC[C@H]1CN(c2cc[c-]c(C)c2)C(=O)O1.[Y]. The van der Waals surface area contributed by atoms with E-state index in [0.29, 0.717) is 19.4 Å². The van der Waals surface area contributed by atoms with Gasteiger partial charge >= 0.3 is 6.09 Å². The van der Waals surface area contributed by atoms with Crippen molar-refractivity contribution >= 4 is 17.6 Å². The van der Waals surface area contributed by atoms with E-state index >= 15 is 0 Å². The molecule has 1 atom stereocenters. The minimum Gasteiger partial charge on any atom is -0.444 e. The standard InChI is InChI=1S/C14H16NO3.Y/c1-10-4-3-5-12(8-10)15-9-13(18-14(15)17)7-6-11(2)16;/h3,5,8,13H,6-7,9H2,1-2H3;/q-1;/t13-;/m0./s1. The van der Waals surface area contributed by atoms with E-state index in [0.717, 1.165) is 11.3 Å². The van der Waals surface area contributed by atoms with Gasteiger partial charge in [-0.05, 0) is 13.3 Å². The van der Waals surface area contributed by atoms with Crippen LogP contribution in [-0.4, -0.2) is 24.5 Å². The predicted octanol–water partition coefficient (Wildman–Crippen LogP) is 2.49. The Hall–Kier alpha value is -0.736. The van der Waals surface area contributed by atoms with Gasteiger partial charge in [0.25, 0.3) is 0 Å². The molecule has 1 radical (unpaired) electrons. The molecule has 1 aliphatic rings. The van der Waals surface area contributed by atoms with Crippen molar-refractivity contribution in [2.75, 3.05) is 11.4 Å². The second-order valence-corrected chi connectivity index (χ2v) is 4.59. The van der Waals surface area contributed by atoms with Crippen LogP contribution in [0.2, 0.25) is 0 Å². The number of anilines is 1. The molecule has 19 heavy (non-hydrogen) atoms. The number of hydrogen-bond acceptors (Lipinski definition) is 3. The van der Waals surface area contributed by atoms with E-state index in [4.69, 9.17) is 4.74 Å². The molecule has 0 saturated carbocycles. The number of hydrogen-bond donors (Lipinski definition) is 0. The minimum atomic E-state index is -0.339. The zero-order chi connectivity index (χ0) is 13.1. The number of amides is 1. The molecular weight excluding hydrogens is 319 g/mol. The van der Waals surface area contributed by atoms with E-state index in [1.807, 2.05) is 19.1 Å². The topological polar surface area (TPSA) is 46.6 Å².